The molecule has 13 heavy (non-hydrogen) atoms. The summed E-state index contributed by atoms with van der Waals surface area (Å²) in [7, 11) is 0. The second kappa shape index (κ2) is 6.81. The van der Waals surface area contributed by atoms with Crippen molar-refractivity contribution in [2.24, 2.45) is 5.92 Å². The Balaban J connectivity index is 4.22. The van der Waals surface area contributed by atoms with Gasteiger partial charge in [-0.25, -0.2) is 0 Å². The van der Waals surface area contributed by atoms with Crippen molar-refractivity contribution in [3.8, 4) is 0 Å². The minimum Gasteiger partial charge on any atom is -0.299 e. The highest BCUT2D eigenvalue weighted by Crippen LogP contribution is 2.14. The third kappa shape index (κ3) is 4.20. The van der Waals surface area contributed by atoms with Crippen molar-refractivity contribution in [1.82, 2.24) is 0 Å². The molecule has 0 aromatic carbocycles. The molecule has 0 saturated heterocycles. The molecule has 0 saturated carbocycles. The molecule has 0 aliphatic rings. The lowest BCUT2D eigenvalue weighted by Gasteiger charge is -2.11. The summed E-state index contributed by atoms with van der Waals surface area (Å²) in [4.78, 5) is 22.9. The van der Waals surface area contributed by atoms with Crippen LogP contribution in [-0.4, -0.2) is 11.6 Å². The number of ketones is 2. The van der Waals surface area contributed by atoms with E-state index in [0.717, 1.165) is 19.3 Å². The first-order chi connectivity index (χ1) is 6.17. The Bertz CT molecular complexity index is 173. The molecule has 76 valence electrons. The zero-order valence-corrected chi connectivity index (χ0v) is 8.93. The van der Waals surface area contributed by atoms with E-state index in [1.807, 2.05) is 20.8 Å². The van der Waals surface area contributed by atoms with Crippen LogP contribution in [0.4, 0.5) is 0 Å². The van der Waals surface area contributed by atoms with Crippen LogP contribution >= 0.6 is 0 Å². The molecule has 0 N–H and O–H groups in total. The van der Waals surface area contributed by atoms with Gasteiger partial charge >= 0.3 is 0 Å². The van der Waals surface area contributed by atoms with Crippen LogP contribution in [0.1, 0.15) is 52.9 Å². The van der Waals surface area contributed by atoms with Crippen molar-refractivity contribution in [2.75, 3.05) is 0 Å². The molecule has 0 aromatic rings. The van der Waals surface area contributed by atoms with Gasteiger partial charge in [-0.15, -0.1) is 0 Å². The van der Waals surface area contributed by atoms with E-state index in [4.69, 9.17) is 0 Å². The van der Waals surface area contributed by atoms with E-state index < -0.39 is 0 Å². The quantitative estimate of drug-likeness (QED) is 0.570. The lowest BCUT2D eigenvalue weighted by atomic mass is 9.90. The first-order valence-corrected chi connectivity index (χ1v) is 5.22. The van der Waals surface area contributed by atoms with Crippen molar-refractivity contribution in [3.63, 3.8) is 0 Å². The minimum atomic E-state index is -0.310. The van der Waals surface area contributed by atoms with Gasteiger partial charge in [-0.2, -0.15) is 0 Å². The summed E-state index contributed by atoms with van der Waals surface area (Å²) in [6.07, 6.45) is 3.52. The van der Waals surface area contributed by atoms with Crippen molar-refractivity contribution in [2.45, 2.75) is 52.9 Å². The lowest BCUT2D eigenvalue weighted by Crippen LogP contribution is -2.23. The second-order valence-corrected chi connectivity index (χ2v) is 3.38. The van der Waals surface area contributed by atoms with Crippen molar-refractivity contribution < 1.29 is 9.59 Å². The molecular formula is C11H20O2. The normalized spacial score (nSPS) is 12.5. The maximum absolute atomic E-state index is 11.5. The molecule has 0 fully saturated rings. The Kier molecular flexibility index (Phi) is 6.47. The molecule has 2 heteroatoms. The average Bonchev–Trinajstić information content (AvgIpc) is 2.13. The average molecular weight is 184 g/mol. The van der Waals surface area contributed by atoms with Gasteiger partial charge in [0.25, 0.3) is 0 Å². The zero-order valence-electron chi connectivity index (χ0n) is 8.93. The standard InChI is InChI=1S/C11H20O2/c1-4-7-9(10(12)6-3)11(13)8-5-2/h9H,4-8H2,1-3H3. The molecule has 0 bridgehead atoms. The van der Waals surface area contributed by atoms with Crippen LogP contribution < -0.4 is 0 Å². The summed E-state index contributed by atoms with van der Waals surface area (Å²) in [5.74, 6) is -0.0635. The predicted molar refractivity (Wildman–Crippen MR) is 53.6 cm³/mol. The molecule has 0 spiro atoms. The molecule has 0 aromatic heterocycles. The van der Waals surface area contributed by atoms with E-state index in [-0.39, 0.29) is 17.5 Å². The van der Waals surface area contributed by atoms with E-state index in [1.54, 1.807) is 0 Å². The molecule has 1 unspecified atom stereocenters. The summed E-state index contributed by atoms with van der Waals surface area (Å²) < 4.78 is 0. The number of hydrogen-bond acceptors (Lipinski definition) is 2. The second-order valence-electron chi connectivity index (χ2n) is 3.38. The Morgan fingerprint density at radius 1 is 1.00 bits per heavy atom. The first-order valence-electron chi connectivity index (χ1n) is 5.22. The smallest absolute Gasteiger partial charge is 0.143 e. The monoisotopic (exact) mass is 184 g/mol. The van der Waals surface area contributed by atoms with Crippen LogP contribution in [0.15, 0.2) is 0 Å². The van der Waals surface area contributed by atoms with Gasteiger partial charge in [-0.05, 0) is 12.8 Å². The highest BCUT2D eigenvalue weighted by molar-refractivity contribution is 6.02. The Labute approximate surface area is 80.7 Å². The molecular weight excluding hydrogens is 164 g/mol. The van der Waals surface area contributed by atoms with Crippen LogP contribution in [0.2, 0.25) is 0 Å². The molecule has 0 heterocycles. The van der Waals surface area contributed by atoms with Crippen LogP contribution in [0, 0.1) is 5.92 Å². The Morgan fingerprint density at radius 2 is 1.62 bits per heavy atom. The van der Waals surface area contributed by atoms with Crippen LogP contribution in [0.5, 0.6) is 0 Å². The largest absolute Gasteiger partial charge is 0.299 e. The fourth-order valence-corrected chi connectivity index (χ4v) is 1.46. The van der Waals surface area contributed by atoms with Crippen molar-refractivity contribution in [3.05, 3.63) is 0 Å². The molecule has 0 radical (unpaired) electrons. The van der Waals surface area contributed by atoms with Gasteiger partial charge in [0.05, 0.1) is 5.92 Å². The predicted octanol–water partition coefficient (Wildman–Crippen LogP) is 2.75. The van der Waals surface area contributed by atoms with Gasteiger partial charge in [0, 0.05) is 12.8 Å². The Morgan fingerprint density at radius 3 is 2.00 bits per heavy atom. The van der Waals surface area contributed by atoms with E-state index in [1.165, 1.54) is 0 Å². The van der Waals surface area contributed by atoms with Gasteiger partial charge < -0.3 is 0 Å². The molecule has 0 aliphatic carbocycles. The van der Waals surface area contributed by atoms with Gasteiger partial charge in [-0.3, -0.25) is 9.59 Å². The van der Waals surface area contributed by atoms with Gasteiger partial charge in [0.2, 0.25) is 0 Å². The summed E-state index contributed by atoms with van der Waals surface area (Å²) in [6, 6.07) is 0. The number of carbonyl (C=O) groups excluding carboxylic acids is 2. The number of Topliss-reactive ketones (excluding diaryl/α,β-unsaturated/α-hetero) is 2. The Hall–Kier alpha value is -0.660. The topological polar surface area (TPSA) is 34.1 Å². The maximum atomic E-state index is 11.5. The number of rotatable bonds is 7. The summed E-state index contributed by atoms with van der Waals surface area (Å²) in [5, 5.41) is 0. The fraction of sp³-hybridized carbons (Fsp3) is 0.818. The molecule has 2 nitrogen and oxygen atoms in total. The van der Waals surface area contributed by atoms with Gasteiger partial charge in [0.1, 0.15) is 11.6 Å². The molecule has 0 rings (SSSR count). The molecule has 0 aliphatic heterocycles. The SMILES string of the molecule is CCCC(=O)C(CCC)C(=O)CC. The van der Waals surface area contributed by atoms with Gasteiger partial charge in [0.15, 0.2) is 0 Å². The summed E-state index contributed by atoms with van der Waals surface area (Å²) in [5.41, 5.74) is 0. The van der Waals surface area contributed by atoms with Gasteiger partial charge in [-0.1, -0.05) is 27.2 Å². The van der Waals surface area contributed by atoms with E-state index in [0.29, 0.717) is 12.8 Å². The summed E-state index contributed by atoms with van der Waals surface area (Å²) in [6.45, 7) is 5.80. The van der Waals surface area contributed by atoms with E-state index in [2.05, 4.69) is 0 Å². The van der Waals surface area contributed by atoms with E-state index >= 15 is 0 Å². The van der Waals surface area contributed by atoms with Crippen molar-refractivity contribution >= 4 is 11.6 Å². The van der Waals surface area contributed by atoms with Crippen LogP contribution in [0.25, 0.3) is 0 Å². The van der Waals surface area contributed by atoms with Crippen molar-refractivity contribution in [1.29, 1.82) is 0 Å². The zero-order chi connectivity index (χ0) is 10.3. The number of hydrogen-bond donors (Lipinski definition) is 0. The maximum Gasteiger partial charge on any atom is 0.143 e. The highest BCUT2D eigenvalue weighted by atomic mass is 16.1. The van der Waals surface area contributed by atoms with Crippen LogP contribution in [-0.2, 0) is 9.59 Å². The third-order valence-corrected chi connectivity index (χ3v) is 2.20. The lowest BCUT2D eigenvalue weighted by molar-refractivity contribution is -0.132. The summed E-state index contributed by atoms with van der Waals surface area (Å²) >= 11 is 0. The van der Waals surface area contributed by atoms with Crippen LogP contribution in [0.3, 0.4) is 0 Å². The minimum absolute atomic E-state index is 0.111. The highest BCUT2D eigenvalue weighted by Gasteiger charge is 2.22. The molecule has 1 atom stereocenters. The first kappa shape index (κ1) is 12.3. The molecule has 0 amide bonds. The number of carbonyl (C=O) groups is 2. The fourth-order valence-electron chi connectivity index (χ4n) is 1.46. The van der Waals surface area contributed by atoms with E-state index in [9.17, 15) is 9.59 Å². The third-order valence-electron chi connectivity index (χ3n) is 2.20.